The Hall–Kier alpha value is -1.03. The topological polar surface area (TPSA) is 44.0 Å². The standard InChI is InChI=1S/C10H16N4/c1-5-14-6-2-8(1)9(7-14)13-10-11-3-4-12-10/h3-4,8-9H,1-2,5-7H2,(H2,11,12,13). The summed E-state index contributed by atoms with van der Waals surface area (Å²) in [6.45, 7) is 3.77. The summed E-state index contributed by atoms with van der Waals surface area (Å²) in [4.78, 5) is 9.85. The van der Waals surface area contributed by atoms with Gasteiger partial charge in [-0.1, -0.05) is 0 Å². The van der Waals surface area contributed by atoms with Crippen molar-refractivity contribution in [3.8, 4) is 0 Å². The number of piperidine rings is 3. The molecule has 0 saturated carbocycles. The van der Waals surface area contributed by atoms with Crippen LogP contribution in [-0.2, 0) is 0 Å². The Balaban J connectivity index is 1.68. The summed E-state index contributed by atoms with van der Waals surface area (Å²) in [5.41, 5.74) is 0. The number of anilines is 1. The Kier molecular flexibility index (Phi) is 1.94. The Morgan fingerprint density at radius 1 is 1.43 bits per heavy atom. The van der Waals surface area contributed by atoms with Crippen LogP contribution >= 0.6 is 0 Å². The van der Waals surface area contributed by atoms with Crippen LogP contribution < -0.4 is 5.32 Å². The molecule has 1 unspecified atom stereocenters. The fourth-order valence-electron chi connectivity index (χ4n) is 2.65. The molecule has 14 heavy (non-hydrogen) atoms. The third kappa shape index (κ3) is 1.39. The molecule has 4 heteroatoms. The normalized spacial score (nSPS) is 35.9. The Labute approximate surface area is 83.7 Å². The monoisotopic (exact) mass is 192 g/mol. The molecule has 2 N–H and O–H groups in total. The summed E-state index contributed by atoms with van der Waals surface area (Å²) >= 11 is 0. The first-order valence-electron chi connectivity index (χ1n) is 5.40. The summed E-state index contributed by atoms with van der Waals surface area (Å²) in [5, 5.41) is 3.48. The highest BCUT2D eigenvalue weighted by molar-refractivity contribution is 5.26. The smallest absolute Gasteiger partial charge is 0.200 e. The van der Waals surface area contributed by atoms with E-state index in [1.807, 2.05) is 6.20 Å². The van der Waals surface area contributed by atoms with Crippen LogP contribution in [0.25, 0.3) is 0 Å². The van der Waals surface area contributed by atoms with E-state index in [1.54, 1.807) is 6.20 Å². The molecule has 1 aromatic rings. The molecule has 4 rings (SSSR count). The minimum atomic E-state index is 0.601. The summed E-state index contributed by atoms with van der Waals surface area (Å²) in [6.07, 6.45) is 6.35. The number of nitrogens with one attached hydrogen (secondary N) is 2. The second-order valence-electron chi connectivity index (χ2n) is 4.33. The van der Waals surface area contributed by atoms with Crippen LogP contribution in [0.1, 0.15) is 12.8 Å². The maximum Gasteiger partial charge on any atom is 0.200 e. The molecule has 3 saturated heterocycles. The van der Waals surface area contributed by atoms with Gasteiger partial charge in [-0.3, -0.25) is 0 Å². The van der Waals surface area contributed by atoms with Gasteiger partial charge in [0.15, 0.2) is 5.95 Å². The van der Waals surface area contributed by atoms with Crippen molar-refractivity contribution in [3.05, 3.63) is 12.4 Å². The Bertz CT molecular complexity index is 287. The van der Waals surface area contributed by atoms with Gasteiger partial charge < -0.3 is 15.2 Å². The lowest BCUT2D eigenvalue weighted by atomic mass is 9.84. The molecule has 4 nitrogen and oxygen atoms in total. The molecule has 76 valence electrons. The molecule has 0 aliphatic carbocycles. The zero-order valence-electron chi connectivity index (χ0n) is 8.24. The van der Waals surface area contributed by atoms with E-state index in [4.69, 9.17) is 0 Å². The second kappa shape index (κ2) is 3.28. The van der Waals surface area contributed by atoms with E-state index in [-0.39, 0.29) is 0 Å². The molecule has 1 atom stereocenters. The summed E-state index contributed by atoms with van der Waals surface area (Å²) in [5.74, 6) is 1.77. The van der Waals surface area contributed by atoms with Gasteiger partial charge in [-0.2, -0.15) is 0 Å². The van der Waals surface area contributed by atoms with Gasteiger partial charge in [0.05, 0.1) is 0 Å². The van der Waals surface area contributed by atoms with E-state index in [1.165, 1.54) is 32.5 Å². The van der Waals surface area contributed by atoms with E-state index in [2.05, 4.69) is 20.2 Å². The molecule has 4 heterocycles. The number of hydrogen-bond acceptors (Lipinski definition) is 3. The molecule has 0 amide bonds. The third-order valence-electron chi connectivity index (χ3n) is 3.48. The molecular formula is C10H16N4. The number of fused-ring (bicyclic) bond motifs is 3. The largest absolute Gasteiger partial charge is 0.352 e. The second-order valence-corrected chi connectivity index (χ2v) is 4.33. The highest BCUT2D eigenvalue weighted by Crippen LogP contribution is 2.28. The first kappa shape index (κ1) is 8.29. The van der Waals surface area contributed by atoms with Gasteiger partial charge in [0, 0.05) is 25.0 Å². The van der Waals surface area contributed by atoms with Crippen molar-refractivity contribution < 1.29 is 0 Å². The van der Waals surface area contributed by atoms with Crippen LogP contribution in [0.3, 0.4) is 0 Å². The van der Waals surface area contributed by atoms with Crippen LogP contribution in [0.5, 0.6) is 0 Å². The number of nitrogens with zero attached hydrogens (tertiary/aromatic N) is 2. The van der Waals surface area contributed by atoms with Crippen molar-refractivity contribution in [1.82, 2.24) is 14.9 Å². The number of imidazole rings is 1. The van der Waals surface area contributed by atoms with E-state index < -0.39 is 0 Å². The van der Waals surface area contributed by atoms with Crippen molar-refractivity contribution in [3.63, 3.8) is 0 Å². The Morgan fingerprint density at radius 3 is 2.86 bits per heavy atom. The van der Waals surface area contributed by atoms with Crippen molar-refractivity contribution in [2.45, 2.75) is 18.9 Å². The highest BCUT2D eigenvalue weighted by atomic mass is 15.2. The summed E-state index contributed by atoms with van der Waals surface area (Å²) < 4.78 is 0. The van der Waals surface area contributed by atoms with Crippen LogP contribution in [0.2, 0.25) is 0 Å². The van der Waals surface area contributed by atoms with Crippen LogP contribution in [-0.4, -0.2) is 40.5 Å². The van der Waals surface area contributed by atoms with E-state index >= 15 is 0 Å². The molecular weight excluding hydrogens is 176 g/mol. The maximum atomic E-state index is 4.21. The average Bonchev–Trinajstić information content (AvgIpc) is 2.72. The van der Waals surface area contributed by atoms with Crippen molar-refractivity contribution in [2.24, 2.45) is 5.92 Å². The fraction of sp³-hybridized carbons (Fsp3) is 0.700. The summed E-state index contributed by atoms with van der Waals surface area (Å²) in [7, 11) is 0. The lowest BCUT2D eigenvalue weighted by molar-refractivity contribution is 0.0972. The number of H-pyrrole nitrogens is 1. The molecule has 0 radical (unpaired) electrons. The predicted molar refractivity (Wildman–Crippen MR) is 55.2 cm³/mol. The SMILES string of the molecule is c1c[nH]c(NC2CN3CCC2CC3)n1. The average molecular weight is 192 g/mol. The highest BCUT2D eigenvalue weighted by Gasteiger charge is 2.34. The first-order valence-corrected chi connectivity index (χ1v) is 5.40. The third-order valence-corrected chi connectivity index (χ3v) is 3.48. The van der Waals surface area contributed by atoms with Gasteiger partial charge in [-0.15, -0.1) is 0 Å². The van der Waals surface area contributed by atoms with E-state index in [0.717, 1.165) is 11.9 Å². The molecule has 3 aliphatic heterocycles. The van der Waals surface area contributed by atoms with Crippen LogP contribution in [0, 0.1) is 5.92 Å². The molecule has 0 spiro atoms. The Morgan fingerprint density at radius 2 is 2.29 bits per heavy atom. The zero-order valence-corrected chi connectivity index (χ0v) is 8.24. The van der Waals surface area contributed by atoms with Gasteiger partial charge in [0.25, 0.3) is 0 Å². The van der Waals surface area contributed by atoms with Gasteiger partial charge in [-0.05, 0) is 31.8 Å². The molecule has 0 aromatic carbocycles. The minimum Gasteiger partial charge on any atom is -0.352 e. The molecule has 2 bridgehead atoms. The number of aromatic amines is 1. The zero-order chi connectivity index (χ0) is 9.38. The minimum absolute atomic E-state index is 0.601. The van der Waals surface area contributed by atoms with E-state index in [0.29, 0.717) is 6.04 Å². The number of rotatable bonds is 2. The summed E-state index contributed by atoms with van der Waals surface area (Å²) in [6, 6.07) is 0.601. The number of hydrogen-bond donors (Lipinski definition) is 2. The quantitative estimate of drug-likeness (QED) is 0.732. The van der Waals surface area contributed by atoms with Gasteiger partial charge in [-0.25, -0.2) is 4.98 Å². The molecule has 3 aliphatic rings. The lowest BCUT2D eigenvalue weighted by Crippen LogP contribution is -2.53. The van der Waals surface area contributed by atoms with Gasteiger partial charge >= 0.3 is 0 Å². The molecule has 3 fully saturated rings. The van der Waals surface area contributed by atoms with Crippen molar-refractivity contribution in [1.29, 1.82) is 0 Å². The predicted octanol–water partition coefficient (Wildman–Crippen LogP) is 0.916. The van der Waals surface area contributed by atoms with Crippen LogP contribution in [0.4, 0.5) is 5.95 Å². The number of aromatic nitrogens is 2. The fourth-order valence-corrected chi connectivity index (χ4v) is 2.65. The van der Waals surface area contributed by atoms with Gasteiger partial charge in [0.1, 0.15) is 0 Å². The van der Waals surface area contributed by atoms with Crippen molar-refractivity contribution >= 4 is 5.95 Å². The lowest BCUT2D eigenvalue weighted by Gasteiger charge is -2.44. The van der Waals surface area contributed by atoms with Crippen LogP contribution in [0.15, 0.2) is 12.4 Å². The van der Waals surface area contributed by atoms with E-state index in [9.17, 15) is 0 Å². The van der Waals surface area contributed by atoms with Crippen molar-refractivity contribution in [2.75, 3.05) is 25.0 Å². The maximum absolute atomic E-state index is 4.21. The first-order chi connectivity index (χ1) is 6.92. The van der Waals surface area contributed by atoms with Gasteiger partial charge in [0.2, 0.25) is 0 Å². The molecule has 1 aromatic heterocycles.